The zero-order valence-electron chi connectivity index (χ0n) is 15.0. The van der Waals surface area contributed by atoms with Crippen molar-refractivity contribution in [2.45, 2.75) is 13.8 Å². The molecule has 0 radical (unpaired) electrons. The van der Waals surface area contributed by atoms with Gasteiger partial charge >= 0.3 is 0 Å². The zero-order chi connectivity index (χ0) is 18.4. The third kappa shape index (κ3) is 4.77. The van der Waals surface area contributed by atoms with E-state index in [1.165, 1.54) is 0 Å². The molecule has 0 fully saturated rings. The second-order valence-electron chi connectivity index (χ2n) is 6.84. The highest BCUT2D eigenvalue weighted by Crippen LogP contribution is 2.21. The third-order valence-corrected chi connectivity index (χ3v) is 3.85. The van der Waals surface area contributed by atoms with Crippen LogP contribution in [0.15, 0.2) is 60.7 Å². The lowest BCUT2D eigenvalue weighted by Gasteiger charge is -2.22. The van der Waals surface area contributed by atoms with Gasteiger partial charge in [-0.3, -0.25) is 0 Å². The predicted molar refractivity (Wildman–Crippen MR) is 104 cm³/mol. The van der Waals surface area contributed by atoms with Gasteiger partial charge in [0.2, 0.25) is 11.9 Å². The summed E-state index contributed by atoms with van der Waals surface area (Å²) in [6, 6.07) is 19.5. The van der Waals surface area contributed by atoms with Crippen molar-refractivity contribution < 1.29 is 5.11 Å². The van der Waals surface area contributed by atoms with Crippen LogP contribution in [-0.2, 0) is 0 Å². The van der Waals surface area contributed by atoms with Gasteiger partial charge in [-0.2, -0.15) is 15.0 Å². The number of aliphatic hydroxyl groups excluding tert-OH is 1. The Hall–Kier alpha value is -2.99. The molecule has 134 valence electrons. The minimum Gasteiger partial charge on any atom is -0.396 e. The molecule has 0 unspecified atom stereocenters. The van der Waals surface area contributed by atoms with E-state index in [0.717, 1.165) is 11.3 Å². The minimum atomic E-state index is -0.271. The molecule has 26 heavy (non-hydrogen) atoms. The van der Waals surface area contributed by atoms with Gasteiger partial charge in [-0.05, 0) is 12.1 Å². The quantitative estimate of drug-likeness (QED) is 0.603. The fourth-order valence-electron chi connectivity index (χ4n) is 2.25. The summed E-state index contributed by atoms with van der Waals surface area (Å²) in [5.41, 5.74) is 1.54. The average molecular weight is 349 g/mol. The summed E-state index contributed by atoms with van der Waals surface area (Å²) in [7, 11) is 0. The number of rotatable bonds is 7. The molecular formula is C20H23N5O. The second kappa shape index (κ2) is 7.93. The molecule has 0 aliphatic heterocycles. The lowest BCUT2D eigenvalue weighted by Crippen LogP contribution is -2.27. The van der Waals surface area contributed by atoms with Crippen molar-refractivity contribution in [3.63, 3.8) is 0 Å². The van der Waals surface area contributed by atoms with Crippen LogP contribution in [-0.4, -0.2) is 33.2 Å². The first-order valence-corrected chi connectivity index (χ1v) is 8.54. The molecule has 3 aromatic rings. The summed E-state index contributed by atoms with van der Waals surface area (Å²) in [5.74, 6) is 1.52. The van der Waals surface area contributed by atoms with Crippen LogP contribution in [0.1, 0.15) is 13.8 Å². The summed E-state index contributed by atoms with van der Waals surface area (Å²) in [6.45, 7) is 4.57. The number of hydrogen-bond acceptors (Lipinski definition) is 6. The molecule has 0 aliphatic carbocycles. The molecule has 0 atom stereocenters. The van der Waals surface area contributed by atoms with Gasteiger partial charge in [-0.25, -0.2) is 0 Å². The molecule has 1 heterocycles. The van der Waals surface area contributed by atoms with E-state index in [1.807, 2.05) is 74.5 Å². The van der Waals surface area contributed by atoms with Crippen molar-refractivity contribution in [2.75, 3.05) is 23.8 Å². The van der Waals surface area contributed by atoms with E-state index in [9.17, 15) is 5.11 Å². The molecule has 0 saturated heterocycles. The third-order valence-electron chi connectivity index (χ3n) is 3.85. The molecule has 0 amide bonds. The van der Waals surface area contributed by atoms with Gasteiger partial charge in [0.05, 0.1) is 0 Å². The van der Waals surface area contributed by atoms with Crippen LogP contribution in [0, 0.1) is 5.41 Å². The molecular weight excluding hydrogens is 326 g/mol. The van der Waals surface area contributed by atoms with Gasteiger partial charge in [-0.15, -0.1) is 0 Å². The van der Waals surface area contributed by atoms with Crippen LogP contribution in [0.4, 0.5) is 17.6 Å². The molecule has 1 aromatic heterocycles. The molecule has 6 nitrogen and oxygen atoms in total. The smallest absolute Gasteiger partial charge is 0.232 e. The summed E-state index contributed by atoms with van der Waals surface area (Å²) in [5, 5.41) is 15.9. The molecule has 0 bridgehead atoms. The van der Waals surface area contributed by atoms with Crippen molar-refractivity contribution in [3.8, 4) is 11.4 Å². The number of aliphatic hydroxyl groups is 1. The summed E-state index contributed by atoms with van der Waals surface area (Å²) >= 11 is 0. The van der Waals surface area contributed by atoms with Crippen molar-refractivity contribution in [1.82, 2.24) is 15.0 Å². The minimum absolute atomic E-state index is 0.0751. The number of hydrogen-bond donors (Lipinski definition) is 3. The SMILES string of the molecule is CC(C)(CO)CNc1nc(Nc2ccccc2)nc(-c2ccccc2)n1. The topological polar surface area (TPSA) is 83.0 Å². The molecule has 2 aromatic carbocycles. The molecule has 0 saturated carbocycles. The van der Waals surface area contributed by atoms with E-state index >= 15 is 0 Å². The number of nitrogens with zero attached hydrogens (tertiary/aromatic N) is 3. The standard InChI is InChI=1S/C20H23N5O/c1-20(2,14-26)13-21-18-23-17(15-9-5-3-6-10-15)24-19(25-18)22-16-11-7-4-8-12-16/h3-12,26H,13-14H2,1-2H3,(H2,21,22,23,24,25). The zero-order valence-corrected chi connectivity index (χ0v) is 15.0. The Morgan fingerprint density at radius 3 is 2.12 bits per heavy atom. The number of para-hydroxylation sites is 1. The van der Waals surface area contributed by atoms with Crippen molar-refractivity contribution in [1.29, 1.82) is 0 Å². The van der Waals surface area contributed by atoms with Crippen LogP contribution >= 0.6 is 0 Å². The van der Waals surface area contributed by atoms with Crippen LogP contribution in [0.3, 0.4) is 0 Å². The highest BCUT2D eigenvalue weighted by Gasteiger charge is 2.17. The summed E-state index contributed by atoms with van der Waals surface area (Å²) < 4.78 is 0. The Morgan fingerprint density at radius 1 is 0.846 bits per heavy atom. The normalized spacial score (nSPS) is 11.2. The molecule has 0 aliphatic rings. The maximum absolute atomic E-state index is 9.45. The first-order valence-electron chi connectivity index (χ1n) is 8.54. The fourth-order valence-corrected chi connectivity index (χ4v) is 2.25. The highest BCUT2D eigenvalue weighted by molar-refractivity contribution is 5.60. The van der Waals surface area contributed by atoms with Gasteiger partial charge in [-0.1, -0.05) is 62.4 Å². The molecule has 3 N–H and O–H groups in total. The van der Waals surface area contributed by atoms with Crippen LogP contribution in [0.2, 0.25) is 0 Å². The van der Waals surface area contributed by atoms with Gasteiger partial charge in [0.1, 0.15) is 0 Å². The number of nitrogens with one attached hydrogen (secondary N) is 2. The van der Waals surface area contributed by atoms with Crippen molar-refractivity contribution >= 4 is 17.6 Å². The van der Waals surface area contributed by atoms with Gasteiger partial charge in [0, 0.05) is 29.8 Å². The lowest BCUT2D eigenvalue weighted by atomic mass is 9.95. The van der Waals surface area contributed by atoms with E-state index in [2.05, 4.69) is 25.6 Å². The molecule has 6 heteroatoms. The van der Waals surface area contributed by atoms with E-state index in [-0.39, 0.29) is 12.0 Å². The average Bonchev–Trinajstić information content (AvgIpc) is 2.68. The Morgan fingerprint density at radius 2 is 1.46 bits per heavy atom. The Bertz CT molecular complexity index is 837. The highest BCUT2D eigenvalue weighted by atomic mass is 16.3. The monoisotopic (exact) mass is 349 g/mol. The van der Waals surface area contributed by atoms with Crippen LogP contribution in [0.5, 0.6) is 0 Å². The van der Waals surface area contributed by atoms with Gasteiger partial charge < -0.3 is 15.7 Å². The van der Waals surface area contributed by atoms with Gasteiger partial charge in [0.25, 0.3) is 0 Å². The van der Waals surface area contributed by atoms with E-state index < -0.39 is 0 Å². The lowest BCUT2D eigenvalue weighted by molar-refractivity contribution is 0.170. The number of benzene rings is 2. The second-order valence-corrected chi connectivity index (χ2v) is 6.84. The Labute approximate surface area is 153 Å². The van der Waals surface area contributed by atoms with E-state index in [0.29, 0.717) is 24.3 Å². The number of anilines is 3. The van der Waals surface area contributed by atoms with Crippen molar-refractivity contribution in [3.05, 3.63) is 60.7 Å². The van der Waals surface area contributed by atoms with Crippen LogP contribution < -0.4 is 10.6 Å². The van der Waals surface area contributed by atoms with Gasteiger partial charge in [0.15, 0.2) is 5.82 Å². The first kappa shape index (κ1) is 17.8. The Balaban J connectivity index is 1.91. The largest absolute Gasteiger partial charge is 0.396 e. The number of aromatic nitrogens is 3. The van der Waals surface area contributed by atoms with E-state index in [4.69, 9.17) is 0 Å². The summed E-state index contributed by atoms with van der Waals surface area (Å²) in [4.78, 5) is 13.5. The Kier molecular flexibility index (Phi) is 5.43. The van der Waals surface area contributed by atoms with Crippen LogP contribution in [0.25, 0.3) is 11.4 Å². The van der Waals surface area contributed by atoms with Crippen molar-refractivity contribution in [2.24, 2.45) is 5.41 Å². The maximum Gasteiger partial charge on any atom is 0.232 e. The summed E-state index contributed by atoms with van der Waals surface area (Å²) in [6.07, 6.45) is 0. The van der Waals surface area contributed by atoms with E-state index in [1.54, 1.807) is 0 Å². The maximum atomic E-state index is 9.45. The predicted octanol–water partition coefficient (Wildman–Crippen LogP) is 3.71. The fraction of sp³-hybridized carbons (Fsp3) is 0.250. The molecule has 0 spiro atoms. The molecule has 3 rings (SSSR count). The first-order chi connectivity index (χ1) is 12.6.